The average molecular weight is 388 g/mol. The normalized spacial score (nSPS) is 12.1. The SMILES string of the molecule is COc1ccccc1-c1sc2cc3c(cc2c1C#Cc1cncn1C)OCO3. The lowest BCUT2D eigenvalue weighted by Gasteiger charge is -2.06. The summed E-state index contributed by atoms with van der Waals surface area (Å²) in [5.74, 6) is 8.95. The zero-order valence-corrected chi connectivity index (χ0v) is 16.2. The highest BCUT2D eigenvalue weighted by Crippen LogP contribution is 2.46. The lowest BCUT2D eigenvalue weighted by molar-refractivity contribution is 0.174. The molecule has 0 fully saturated rings. The van der Waals surface area contributed by atoms with Crippen LogP contribution >= 0.6 is 11.3 Å². The molecule has 0 radical (unpaired) electrons. The van der Waals surface area contributed by atoms with Gasteiger partial charge in [0.1, 0.15) is 11.4 Å². The quantitative estimate of drug-likeness (QED) is 0.476. The van der Waals surface area contributed by atoms with Crippen LogP contribution < -0.4 is 14.2 Å². The van der Waals surface area contributed by atoms with Gasteiger partial charge in [-0.15, -0.1) is 11.3 Å². The van der Waals surface area contributed by atoms with E-state index in [1.165, 1.54) is 0 Å². The van der Waals surface area contributed by atoms with Crippen LogP contribution in [0.1, 0.15) is 11.3 Å². The summed E-state index contributed by atoms with van der Waals surface area (Å²) in [6, 6.07) is 12.0. The van der Waals surface area contributed by atoms with Gasteiger partial charge < -0.3 is 18.8 Å². The van der Waals surface area contributed by atoms with Gasteiger partial charge in [0.15, 0.2) is 11.5 Å². The van der Waals surface area contributed by atoms with E-state index in [-0.39, 0.29) is 6.79 Å². The largest absolute Gasteiger partial charge is 0.496 e. The van der Waals surface area contributed by atoms with E-state index >= 15 is 0 Å². The van der Waals surface area contributed by atoms with Crippen molar-refractivity contribution in [2.75, 3.05) is 13.9 Å². The van der Waals surface area contributed by atoms with Crippen LogP contribution in [0.25, 0.3) is 20.5 Å². The van der Waals surface area contributed by atoms with Gasteiger partial charge in [0.2, 0.25) is 6.79 Å². The number of aryl methyl sites for hydroxylation is 1. The minimum Gasteiger partial charge on any atom is -0.496 e. The third kappa shape index (κ3) is 2.68. The highest BCUT2D eigenvalue weighted by Gasteiger charge is 2.21. The standard InChI is InChI=1S/C22H16N2O3S/c1-24-12-23-11-14(24)7-8-15-17-9-19-20(27-13-26-19)10-21(17)28-22(15)16-5-3-4-6-18(16)25-2/h3-6,9-12H,13H2,1-2H3. The Morgan fingerprint density at radius 1 is 1.14 bits per heavy atom. The Kier molecular flexibility index (Phi) is 3.96. The summed E-state index contributed by atoms with van der Waals surface area (Å²) >= 11 is 1.67. The topological polar surface area (TPSA) is 45.5 Å². The summed E-state index contributed by atoms with van der Waals surface area (Å²) in [5.41, 5.74) is 2.82. The summed E-state index contributed by atoms with van der Waals surface area (Å²) in [7, 11) is 3.62. The van der Waals surface area contributed by atoms with Crippen LogP contribution in [0.4, 0.5) is 0 Å². The van der Waals surface area contributed by atoms with Crippen LogP contribution in [-0.4, -0.2) is 23.5 Å². The fraction of sp³-hybridized carbons (Fsp3) is 0.136. The van der Waals surface area contributed by atoms with Gasteiger partial charge in [0.05, 0.1) is 30.1 Å². The number of ether oxygens (including phenoxy) is 3. The van der Waals surface area contributed by atoms with Crippen LogP contribution in [0, 0.1) is 11.8 Å². The molecular formula is C22H16N2O3S. The van der Waals surface area contributed by atoms with Crippen LogP contribution in [0.3, 0.4) is 0 Å². The van der Waals surface area contributed by atoms with Crippen LogP contribution in [-0.2, 0) is 7.05 Å². The predicted octanol–water partition coefficient (Wildman–Crippen LogP) is 4.44. The molecule has 0 spiro atoms. The molecular weight excluding hydrogens is 372 g/mol. The molecule has 3 heterocycles. The summed E-state index contributed by atoms with van der Waals surface area (Å²) in [4.78, 5) is 5.21. The first-order chi connectivity index (χ1) is 13.7. The zero-order chi connectivity index (χ0) is 19.1. The van der Waals surface area contributed by atoms with Gasteiger partial charge in [-0.3, -0.25) is 0 Å². The smallest absolute Gasteiger partial charge is 0.231 e. The van der Waals surface area contributed by atoms with Crippen molar-refractivity contribution in [1.29, 1.82) is 0 Å². The first-order valence-electron chi connectivity index (χ1n) is 8.72. The molecule has 0 saturated carbocycles. The van der Waals surface area contributed by atoms with Gasteiger partial charge in [-0.1, -0.05) is 18.1 Å². The molecule has 138 valence electrons. The Bertz CT molecular complexity index is 1260. The molecule has 1 aliphatic rings. The van der Waals surface area contributed by atoms with Crippen molar-refractivity contribution in [3.63, 3.8) is 0 Å². The Balaban J connectivity index is 1.77. The van der Waals surface area contributed by atoms with E-state index in [1.54, 1.807) is 31.0 Å². The Labute approximate surface area is 166 Å². The lowest BCUT2D eigenvalue weighted by Crippen LogP contribution is -1.92. The number of para-hydroxylation sites is 1. The van der Waals surface area contributed by atoms with Gasteiger partial charge >= 0.3 is 0 Å². The molecule has 1 aliphatic heterocycles. The molecule has 5 nitrogen and oxygen atoms in total. The van der Waals surface area contributed by atoms with E-state index in [2.05, 4.69) is 22.9 Å². The van der Waals surface area contributed by atoms with E-state index in [0.29, 0.717) is 0 Å². The number of aromatic nitrogens is 2. The van der Waals surface area contributed by atoms with Crippen molar-refractivity contribution in [3.8, 4) is 39.5 Å². The van der Waals surface area contributed by atoms with E-state index in [9.17, 15) is 0 Å². The minimum atomic E-state index is 0.252. The molecule has 28 heavy (non-hydrogen) atoms. The zero-order valence-electron chi connectivity index (χ0n) is 15.4. The maximum absolute atomic E-state index is 5.60. The Morgan fingerprint density at radius 3 is 2.75 bits per heavy atom. The van der Waals surface area contributed by atoms with E-state index in [4.69, 9.17) is 14.2 Å². The molecule has 0 N–H and O–H groups in total. The van der Waals surface area contributed by atoms with Gasteiger partial charge in [-0.05, 0) is 24.1 Å². The maximum atomic E-state index is 5.60. The molecule has 0 unspecified atom stereocenters. The Morgan fingerprint density at radius 2 is 1.96 bits per heavy atom. The van der Waals surface area contributed by atoms with E-state index in [1.807, 2.05) is 41.9 Å². The molecule has 5 rings (SSSR count). The lowest BCUT2D eigenvalue weighted by atomic mass is 10.0. The molecule has 0 saturated heterocycles. The van der Waals surface area contributed by atoms with Crippen molar-refractivity contribution in [2.45, 2.75) is 0 Å². The second-order valence-corrected chi connectivity index (χ2v) is 7.40. The summed E-state index contributed by atoms with van der Waals surface area (Å²) < 4.78 is 19.7. The van der Waals surface area contributed by atoms with E-state index < -0.39 is 0 Å². The second kappa shape index (κ2) is 6.63. The molecule has 0 atom stereocenters. The van der Waals surface area contributed by atoms with Crippen molar-refractivity contribution in [1.82, 2.24) is 9.55 Å². The van der Waals surface area contributed by atoms with Crippen molar-refractivity contribution < 1.29 is 14.2 Å². The molecule has 0 bridgehead atoms. The summed E-state index contributed by atoms with van der Waals surface area (Å²) in [5, 5.41) is 1.05. The van der Waals surface area contributed by atoms with Gasteiger partial charge in [0, 0.05) is 28.8 Å². The summed E-state index contributed by atoms with van der Waals surface area (Å²) in [6.07, 6.45) is 3.51. The van der Waals surface area contributed by atoms with Crippen LogP contribution in [0.15, 0.2) is 48.9 Å². The molecule has 0 amide bonds. The third-order valence-electron chi connectivity index (χ3n) is 4.67. The van der Waals surface area contributed by atoms with Gasteiger partial charge in [-0.2, -0.15) is 0 Å². The monoisotopic (exact) mass is 388 g/mol. The predicted molar refractivity (Wildman–Crippen MR) is 109 cm³/mol. The van der Waals surface area contributed by atoms with Crippen molar-refractivity contribution in [3.05, 3.63) is 60.2 Å². The molecule has 0 aliphatic carbocycles. The fourth-order valence-electron chi connectivity index (χ4n) is 3.24. The number of fused-ring (bicyclic) bond motifs is 2. The van der Waals surface area contributed by atoms with Crippen molar-refractivity contribution >= 4 is 21.4 Å². The number of hydrogen-bond acceptors (Lipinski definition) is 5. The van der Waals surface area contributed by atoms with Gasteiger partial charge in [-0.25, -0.2) is 4.98 Å². The fourth-order valence-corrected chi connectivity index (χ4v) is 4.44. The number of hydrogen-bond donors (Lipinski definition) is 0. The first kappa shape index (κ1) is 16.7. The number of rotatable bonds is 2. The molecule has 4 aromatic rings. The van der Waals surface area contributed by atoms with Crippen LogP contribution in [0.2, 0.25) is 0 Å². The number of benzene rings is 2. The minimum absolute atomic E-state index is 0.252. The van der Waals surface area contributed by atoms with Crippen LogP contribution in [0.5, 0.6) is 17.2 Å². The molecule has 2 aromatic heterocycles. The highest BCUT2D eigenvalue weighted by molar-refractivity contribution is 7.22. The Hall–Kier alpha value is -3.43. The summed E-state index contributed by atoms with van der Waals surface area (Å²) in [6.45, 7) is 0.252. The maximum Gasteiger partial charge on any atom is 0.231 e. The van der Waals surface area contributed by atoms with Crippen molar-refractivity contribution in [2.24, 2.45) is 7.05 Å². The number of imidazole rings is 1. The highest BCUT2D eigenvalue weighted by atomic mass is 32.1. The number of nitrogens with zero attached hydrogens (tertiary/aromatic N) is 2. The first-order valence-corrected chi connectivity index (χ1v) is 9.54. The number of methoxy groups -OCH3 is 1. The number of thiophene rings is 1. The third-order valence-corrected chi connectivity index (χ3v) is 5.85. The average Bonchev–Trinajstić information content (AvgIpc) is 3.42. The second-order valence-electron chi connectivity index (χ2n) is 6.35. The van der Waals surface area contributed by atoms with Gasteiger partial charge in [0.25, 0.3) is 0 Å². The molecule has 6 heteroatoms. The molecule has 2 aromatic carbocycles. The van der Waals surface area contributed by atoms with E-state index in [0.717, 1.165) is 49.0 Å².